The van der Waals surface area contributed by atoms with Crippen molar-refractivity contribution in [1.82, 2.24) is 15.1 Å². The maximum absolute atomic E-state index is 11.8. The predicted octanol–water partition coefficient (Wildman–Crippen LogP) is 3.29. The number of hydrogen-bond donors (Lipinski definition) is 1. The Kier molecular flexibility index (Phi) is 4.08. The smallest absolute Gasteiger partial charge is 0.261 e. The summed E-state index contributed by atoms with van der Waals surface area (Å²) in [7, 11) is 0. The lowest BCUT2D eigenvalue weighted by Gasteiger charge is -2.03. The van der Waals surface area contributed by atoms with E-state index in [-0.39, 0.29) is 5.91 Å². The molecule has 108 valence electrons. The van der Waals surface area contributed by atoms with Crippen molar-refractivity contribution in [2.75, 3.05) is 6.54 Å². The van der Waals surface area contributed by atoms with E-state index in [4.69, 9.17) is 16.0 Å². The monoisotopic (exact) mass is 321 g/mol. The molecule has 0 aliphatic carbocycles. The van der Waals surface area contributed by atoms with E-state index in [2.05, 4.69) is 10.4 Å². The Bertz CT molecular complexity index is 733. The number of nitrogens with one attached hydrogen (secondary N) is 1. The van der Waals surface area contributed by atoms with Crippen LogP contribution in [-0.2, 0) is 6.54 Å². The minimum Gasteiger partial charge on any atom is -0.464 e. The fourth-order valence-electron chi connectivity index (χ4n) is 1.86. The second kappa shape index (κ2) is 6.15. The van der Waals surface area contributed by atoms with Gasteiger partial charge in [0.2, 0.25) is 0 Å². The van der Waals surface area contributed by atoms with Crippen LogP contribution in [0.3, 0.4) is 0 Å². The zero-order valence-corrected chi connectivity index (χ0v) is 12.5. The van der Waals surface area contributed by atoms with E-state index in [1.54, 1.807) is 29.3 Å². The number of carbonyl (C=O) groups is 1. The summed E-state index contributed by atoms with van der Waals surface area (Å²) >= 11 is 7.06. The van der Waals surface area contributed by atoms with Gasteiger partial charge >= 0.3 is 0 Å². The van der Waals surface area contributed by atoms with Gasteiger partial charge < -0.3 is 9.73 Å². The highest BCUT2D eigenvalue weighted by molar-refractivity contribution is 7.17. The van der Waals surface area contributed by atoms with Gasteiger partial charge in [0.1, 0.15) is 5.76 Å². The van der Waals surface area contributed by atoms with E-state index in [0.717, 1.165) is 11.3 Å². The van der Waals surface area contributed by atoms with Crippen LogP contribution in [0.2, 0.25) is 4.34 Å². The van der Waals surface area contributed by atoms with Crippen molar-refractivity contribution in [3.05, 3.63) is 52.1 Å². The molecule has 7 heteroatoms. The molecular weight excluding hydrogens is 310 g/mol. The summed E-state index contributed by atoms with van der Waals surface area (Å²) in [5, 5.41) is 7.07. The number of aromatic nitrogens is 2. The number of rotatable bonds is 5. The lowest BCUT2D eigenvalue weighted by atomic mass is 10.3. The lowest BCUT2D eigenvalue weighted by molar-refractivity contribution is 0.0956. The Labute approximate surface area is 130 Å². The first-order valence-electron chi connectivity index (χ1n) is 6.32. The second-order valence-electron chi connectivity index (χ2n) is 4.33. The SMILES string of the molecule is O=C(NCCn1cc(-c2ccco2)cn1)c1ccc(Cl)s1. The van der Waals surface area contributed by atoms with Crippen molar-refractivity contribution in [2.24, 2.45) is 0 Å². The third-order valence-corrected chi connectivity index (χ3v) is 4.09. The molecule has 3 aromatic rings. The summed E-state index contributed by atoms with van der Waals surface area (Å²) in [5.74, 6) is 0.656. The molecule has 0 bridgehead atoms. The Morgan fingerprint density at radius 2 is 2.33 bits per heavy atom. The van der Waals surface area contributed by atoms with Gasteiger partial charge in [-0.05, 0) is 24.3 Å². The van der Waals surface area contributed by atoms with Crippen LogP contribution in [0.1, 0.15) is 9.67 Å². The fraction of sp³-hybridized carbons (Fsp3) is 0.143. The van der Waals surface area contributed by atoms with Gasteiger partial charge in [0.25, 0.3) is 5.91 Å². The average Bonchev–Trinajstić information content (AvgIpc) is 3.19. The topological polar surface area (TPSA) is 60.1 Å². The molecule has 0 radical (unpaired) electrons. The molecule has 0 saturated carbocycles. The first-order valence-corrected chi connectivity index (χ1v) is 7.52. The van der Waals surface area contributed by atoms with Gasteiger partial charge in [-0.25, -0.2) is 0 Å². The highest BCUT2D eigenvalue weighted by atomic mass is 35.5. The molecule has 3 rings (SSSR count). The van der Waals surface area contributed by atoms with Gasteiger partial charge in [-0.2, -0.15) is 5.10 Å². The van der Waals surface area contributed by atoms with Crippen LogP contribution < -0.4 is 5.32 Å². The van der Waals surface area contributed by atoms with Gasteiger partial charge in [0, 0.05) is 12.7 Å². The second-order valence-corrected chi connectivity index (χ2v) is 6.04. The molecule has 0 aliphatic heterocycles. The molecule has 5 nitrogen and oxygen atoms in total. The largest absolute Gasteiger partial charge is 0.464 e. The highest BCUT2D eigenvalue weighted by Gasteiger charge is 2.08. The fourth-order valence-corrected chi connectivity index (χ4v) is 2.82. The van der Waals surface area contributed by atoms with E-state index in [9.17, 15) is 4.79 Å². The number of carbonyl (C=O) groups excluding carboxylic acids is 1. The molecule has 0 saturated heterocycles. The molecule has 0 unspecified atom stereocenters. The van der Waals surface area contributed by atoms with Crippen molar-refractivity contribution in [3.8, 4) is 11.3 Å². The van der Waals surface area contributed by atoms with Crippen molar-refractivity contribution >= 4 is 28.8 Å². The number of thiophene rings is 1. The Morgan fingerprint density at radius 1 is 1.43 bits per heavy atom. The van der Waals surface area contributed by atoms with E-state index in [1.165, 1.54) is 11.3 Å². The van der Waals surface area contributed by atoms with Crippen molar-refractivity contribution in [3.63, 3.8) is 0 Å². The standard InChI is InChI=1S/C14H12ClN3O2S/c15-13-4-3-12(21-13)14(19)16-5-6-18-9-10(8-17-18)11-2-1-7-20-11/h1-4,7-9H,5-6H2,(H,16,19). The van der Waals surface area contributed by atoms with E-state index < -0.39 is 0 Å². The summed E-state index contributed by atoms with van der Waals surface area (Å²) in [6.45, 7) is 1.08. The zero-order chi connectivity index (χ0) is 14.7. The summed E-state index contributed by atoms with van der Waals surface area (Å²) in [6, 6.07) is 7.14. The molecule has 1 N–H and O–H groups in total. The average molecular weight is 322 g/mol. The molecule has 0 aliphatic rings. The van der Waals surface area contributed by atoms with E-state index >= 15 is 0 Å². The van der Waals surface area contributed by atoms with E-state index in [0.29, 0.717) is 22.3 Å². The number of halogens is 1. The number of nitrogens with zero attached hydrogens (tertiary/aromatic N) is 2. The first kappa shape index (κ1) is 13.9. The third-order valence-electron chi connectivity index (χ3n) is 2.86. The lowest BCUT2D eigenvalue weighted by Crippen LogP contribution is -2.26. The molecule has 21 heavy (non-hydrogen) atoms. The van der Waals surface area contributed by atoms with Gasteiger partial charge in [0.05, 0.1) is 33.8 Å². The number of hydrogen-bond acceptors (Lipinski definition) is 4. The minimum absolute atomic E-state index is 0.120. The number of furan rings is 1. The van der Waals surface area contributed by atoms with Gasteiger partial charge in [0.15, 0.2) is 0 Å². The minimum atomic E-state index is -0.120. The van der Waals surface area contributed by atoms with Crippen molar-refractivity contribution in [1.29, 1.82) is 0 Å². The van der Waals surface area contributed by atoms with Crippen LogP contribution in [0.4, 0.5) is 0 Å². The predicted molar refractivity (Wildman–Crippen MR) is 81.6 cm³/mol. The Hall–Kier alpha value is -2.05. The summed E-state index contributed by atoms with van der Waals surface area (Å²) in [5.41, 5.74) is 0.913. The quantitative estimate of drug-likeness (QED) is 0.784. The Morgan fingerprint density at radius 3 is 3.05 bits per heavy atom. The van der Waals surface area contributed by atoms with Crippen LogP contribution in [-0.4, -0.2) is 22.2 Å². The van der Waals surface area contributed by atoms with Crippen molar-refractivity contribution < 1.29 is 9.21 Å². The molecule has 0 atom stereocenters. The summed E-state index contributed by atoms with van der Waals surface area (Å²) < 4.78 is 7.67. The maximum atomic E-state index is 11.8. The molecule has 0 aromatic carbocycles. The van der Waals surface area contributed by atoms with Crippen LogP contribution in [0.5, 0.6) is 0 Å². The molecule has 0 fully saturated rings. The van der Waals surface area contributed by atoms with E-state index in [1.807, 2.05) is 18.3 Å². The first-order chi connectivity index (χ1) is 10.2. The summed E-state index contributed by atoms with van der Waals surface area (Å²) in [6.07, 6.45) is 5.24. The maximum Gasteiger partial charge on any atom is 0.261 e. The van der Waals surface area contributed by atoms with Gasteiger partial charge in [-0.15, -0.1) is 11.3 Å². The third kappa shape index (κ3) is 3.34. The van der Waals surface area contributed by atoms with Gasteiger partial charge in [-0.3, -0.25) is 9.48 Å². The molecule has 1 amide bonds. The number of amides is 1. The van der Waals surface area contributed by atoms with Crippen LogP contribution in [0, 0.1) is 0 Å². The summed E-state index contributed by atoms with van der Waals surface area (Å²) in [4.78, 5) is 12.4. The Balaban J connectivity index is 1.53. The van der Waals surface area contributed by atoms with Gasteiger partial charge in [-0.1, -0.05) is 11.6 Å². The normalized spacial score (nSPS) is 10.7. The van der Waals surface area contributed by atoms with Crippen LogP contribution in [0.25, 0.3) is 11.3 Å². The zero-order valence-electron chi connectivity index (χ0n) is 11.0. The highest BCUT2D eigenvalue weighted by Crippen LogP contribution is 2.21. The molecule has 3 aromatic heterocycles. The molecule has 0 spiro atoms. The van der Waals surface area contributed by atoms with Crippen LogP contribution in [0.15, 0.2) is 47.3 Å². The molecular formula is C14H12ClN3O2S. The molecule has 3 heterocycles. The van der Waals surface area contributed by atoms with Crippen LogP contribution >= 0.6 is 22.9 Å². The van der Waals surface area contributed by atoms with Crippen molar-refractivity contribution in [2.45, 2.75) is 6.54 Å².